The maximum absolute atomic E-state index is 2.80. The highest BCUT2D eigenvalue weighted by Gasteiger charge is 2.49. The van der Waals surface area contributed by atoms with Gasteiger partial charge in [0.1, 0.15) is 0 Å². The maximum atomic E-state index is 2.55. The van der Waals surface area contributed by atoms with Gasteiger partial charge in [-0.1, -0.05) is 200 Å². The molecule has 11 aromatic rings. The molecule has 10 aromatic carbocycles. The van der Waals surface area contributed by atoms with E-state index < -0.39 is 13.5 Å². The monoisotopic (exact) mass is 861 g/mol. The summed E-state index contributed by atoms with van der Waals surface area (Å²) in [6, 6.07) is 91.8. The van der Waals surface area contributed by atoms with Gasteiger partial charge in [0.05, 0.1) is 5.41 Å². The maximum Gasteiger partial charge on any atom is 0.180 e. The lowest BCUT2D eigenvalue weighted by Gasteiger charge is -2.35. The highest BCUT2D eigenvalue weighted by molar-refractivity contribution is 7.26. The smallest absolute Gasteiger partial charge is 0.180 e. The van der Waals surface area contributed by atoms with Gasteiger partial charge in [0.2, 0.25) is 0 Å². The van der Waals surface area contributed by atoms with E-state index in [0.29, 0.717) is 0 Å². The average Bonchev–Trinajstić information content (AvgIpc) is 3.99. The Bertz CT molecular complexity index is 3540. The van der Waals surface area contributed by atoms with Crippen LogP contribution >= 0.6 is 11.3 Å². The van der Waals surface area contributed by atoms with Gasteiger partial charge >= 0.3 is 0 Å². The van der Waals surface area contributed by atoms with E-state index in [-0.39, 0.29) is 0 Å². The Balaban J connectivity index is 1.10. The fraction of sp³-hybridized carbons (Fsp3) is 0.0323. The Kier molecular flexibility index (Phi) is 8.61. The third-order valence-corrected chi connectivity index (χ3v) is 20.2. The zero-order chi connectivity index (χ0) is 43.1. The van der Waals surface area contributed by atoms with Crippen molar-refractivity contribution in [3.05, 3.63) is 270 Å². The van der Waals surface area contributed by atoms with Gasteiger partial charge in [0, 0.05) is 37.2 Å². The van der Waals surface area contributed by atoms with Crippen LogP contribution in [0.2, 0.25) is 0 Å². The minimum Gasteiger partial charge on any atom is -0.310 e. The first-order valence-corrected chi connectivity index (χ1v) is 25.4. The molecule has 0 fully saturated rings. The molecule has 0 bridgehead atoms. The molecule has 0 saturated heterocycles. The van der Waals surface area contributed by atoms with Crippen LogP contribution < -0.4 is 25.6 Å². The Labute approximate surface area is 385 Å². The van der Waals surface area contributed by atoms with Gasteiger partial charge in [-0.2, -0.15) is 0 Å². The van der Waals surface area contributed by atoms with Gasteiger partial charge in [-0.3, -0.25) is 0 Å². The number of benzene rings is 10. The number of anilines is 3. The molecule has 3 heteroatoms. The van der Waals surface area contributed by atoms with Crippen LogP contribution in [-0.4, -0.2) is 8.07 Å². The fourth-order valence-corrected chi connectivity index (χ4v) is 18.1. The van der Waals surface area contributed by atoms with Gasteiger partial charge in [-0.05, 0) is 120 Å². The average molecular weight is 862 g/mol. The van der Waals surface area contributed by atoms with Crippen molar-refractivity contribution < 1.29 is 0 Å². The summed E-state index contributed by atoms with van der Waals surface area (Å²) in [6.07, 6.45) is 0. The first-order chi connectivity index (χ1) is 32.1. The Morgan fingerprint density at radius 2 is 0.908 bits per heavy atom. The van der Waals surface area contributed by atoms with Crippen molar-refractivity contribution in [1.29, 1.82) is 0 Å². The molecule has 0 atom stereocenters. The normalized spacial score (nSPS) is 13.9. The molecule has 1 nitrogen and oxygen atoms in total. The molecule has 0 amide bonds. The van der Waals surface area contributed by atoms with Crippen molar-refractivity contribution >= 4 is 77.4 Å². The van der Waals surface area contributed by atoms with Crippen LogP contribution in [0.3, 0.4) is 0 Å². The van der Waals surface area contributed by atoms with Crippen molar-refractivity contribution in [3.8, 4) is 22.3 Å². The molecular formula is C62H43NSSi. The number of rotatable bonds is 7. The second-order valence-corrected chi connectivity index (χ2v) is 22.5. The Morgan fingerprint density at radius 3 is 1.62 bits per heavy atom. The van der Waals surface area contributed by atoms with Crippen molar-refractivity contribution in [3.63, 3.8) is 0 Å². The standard InChI is InChI=1S/C62H43NSSi/c1-42-37-47(39-49(38-42)65(48-23-9-4-10-24-48)60-31-17-13-27-54(60)55-28-14-18-32-61(55)65)63(46-34-36-53-52-26-12-16-30-58(52)64-59(53)41-46)45-33-35-51-50-25-11-15-29-56(50)62(57(51)40-45,43-19-5-2-6-20-43)44-21-7-3-8-22-44/h2-41H,1H3. The van der Waals surface area contributed by atoms with Crippen LogP contribution in [-0.2, 0) is 5.41 Å². The predicted octanol–water partition coefficient (Wildman–Crippen LogP) is 13.6. The third kappa shape index (κ3) is 5.50. The summed E-state index contributed by atoms with van der Waals surface area (Å²) in [4.78, 5) is 2.55. The number of fused-ring (bicyclic) bond motifs is 9. The molecule has 2 aliphatic rings. The molecule has 13 rings (SSSR count). The zero-order valence-electron chi connectivity index (χ0n) is 35.9. The molecule has 0 unspecified atom stereocenters. The van der Waals surface area contributed by atoms with Gasteiger partial charge in [-0.25, -0.2) is 0 Å². The summed E-state index contributed by atoms with van der Waals surface area (Å²) in [5.74, 6) is 0. The highest BCUT2D eigenvalue weighted by atomic mass is 32.1. The summed E-state index contributed by atoms with van der Waals surface area (Å²) in [6.45, 7) is 2.29. The predicted molar refractivity (Wildman–Crippen MR) is 279 cm³/mol. The lowest BCUT2D eigenvalue weighted by atomic mass is 9.67. The van der Waals surface area contributed by atoms with Gasteiger partial charge in [-0.15, -0.1) is 11.3 Å². The summed E-state index contributed by atoms with van der Waals surface area (Å²) < 4.78 is 2.59. The Hall–Kier alpha value is -7.56. The summed E-state index contributed by atoms with van der Waals surface area (Å²) in [5.41, 5.74) is 14.6. The van der Waals surface area contributed by atoms with Crippen LogP contribution in [0.5, 0.6) is 0 Å². The van der Waals surface area contributed by atoms with Crippen LogP contribution in [0.4, 0.5) is 17.1 Å². The fourth-order valence-electron chi connectivity index (χ4n) is 11.7. The molecule has 1 aliphatic heterocycles. The van der Waals surface area contributed by atoms with Crippen LogP contribution in [0.15, 0.2) is 243 Å². The minimum atomic E-state index is -2.80. The van der Waals surface area contributed by atoms with Crippen LogP contribution in [0.25, 0.3) is 42.4 Å². The van der Waals surface area contributed by atoms with E-state index in [1.165, 1.54) is 91.0 Å². The highest BCUT2D eigenvalue weighted by Crippen LogP contribution is 2.57. The molecular weight excluding hydrogens is 819 g/mol. The van der Waals surface area contributed by atoms with Gasteiger partial charge in [0.25, 0.3) is 0 Å². The first-order valence-electron chi connectivity index (χ1n) is 22.6. The summed E-state index contributed by atoms with van der Waals surface area (Å²) in [7, 11) is -2.80. The van der Waals surface area contributed by atoms with E-state index in [4.69, 9.17) is 0 Å². The molecule has 0 spiro atoms. The van der Waals surface area contributed by atoms with Gasteiger partial charge in [0.15, 0.2) is 8.07 Å². The molecule has 1 aromatic heterocycles. The summed E-state index contributed by atoms with van der Waals surface area (Å²) in [5, 5.41) is 8.30. The number of thiophene rings is 1. The van der Waals surface area contributed by atoms with Crippen molar-refractivity contribution in [2.75, 3.05) is 4.90 Å². The zero-order valence-corrected chi connectivity index (χ0v) is 37.8. The topological polar surface area (TPSA) is 3.24 Å². The molecule has 306 valence electrons. The molecule has 1 aliphatic carbocycles. The largest absolute Gasteiger partial charge is 0.310 e. The molecule has 0 N–H and O–H groups in total. The van der Waals surface area contributed by atoms with E-state index in [9.17, 15) is 0 Å². The SMILES string of the molecule is Cc1cc(N(c2ccc3c(c2)C(c2ccccc2)(c2ccccc2)c2ccccc2-3)c2ccc3c(c2)sc2ccccc23)cc([Si]2(c3ccccc3)c3ccccc3-c3ccccc32)c1. The van der Waals surface area contributed by atoms with Gasteiger partial charge < -0.3 is 4.90 Å². The van der Waals surface area contributed by atoms with Crippen molar-refractivity contribution in [2.45, 2.75) is 12.3 Å². The van der Waals surface area contributed by atoms with E-state index in [0.717, 1.165) is 17.1 Å². The minimum absolute atomic E-state index is 0.523. The Morgan fingerprint density at radius 1 is 0.369 bits per heavy atom. The van der Waals surface area contributed by atoms with Crippen LogP contribution in [0.1, 0.15) is 27.8 Å². The second kappa shape index (κ2) is 14.8. The molecule has 0 radical (unpaired) electrons. The lowest BCUT2D eigenvalue weighted by molar-refractivity contribution is 0.768. The van der Waals surface area contributed by atoms with E-state index in [1.807, 2.05) is 11.3 Å². The van der Waals surface area contributed by atoms with E-state index in [1.54, 1.807) is 0 Å². The van der Waals surface area contributed by atoms with Crippen molar-refractivity contribution in [2.24, 2.45) is 0 Å². The molecule has 65 heavy (non-hydrogen) atoms. The number of hydrogen-bond acceptors (Lipinski definition) is 2. The quantitative estimate of drug-likeness (QED) is 0.144. The first kappa shape index (κ1) is 37.9. The lowest BCUT2D eigenvalue weighted by Crippen LogP contribution is -2.72. The third-order valence-electron chi connectivity index (χ3n) is 14.2. The number of hydrogen-bond donors (Lipinski definition) is 0. The number of nitrogens with zero attached hydrogens (tertiary/aromatic N) is 1. The van der Waals surface area contributed by atoms with Crippen molar-refractivity contribution in [1.82, 2.24) is 0 Å². The summed E-state index contributed by atoms with van der Waals surface area (Å²) >= 11 is 1.88. The van der Waals surface area contributed by atoms with Crippen LogP contribution in [0, 0.1) is 6.92 Å². The molecule has 0 saturated carbocycles. The molecule has 2 heterocycles. The second-order valence-electron chi connectivity index (χ2n) is 17.6. The van der Waals surface area contributed by atoms with E-state index in [2.05, 4.69) is 254 Å². The number of aryl methyl sites for hydroxylation is 1. The van der Waals surface area contributed by atoms with E-state index >= 15 is 0 Å².